The number of hydrogen-bond donors (Lipinski definition) is 0. The van der Waals surface area contributed by atoms with Crippen molar-refractivity contribution in [3.8, 4) is 0 Å². The van der Waals surface area contributed by atoms with E-state index in [1.165, 1.54) is 13.8 Å². The van der Waals surface area contributed by atoms with Crippen LogP contribution in [0.3, 0.4) is 0 Å². The van der Waals surface area contributed by atoms with Gasteiger partial charge in [-0.05, 0) is 13.8 Å². The summed E-state index contributed by atoms with van der Waals surface area (Å²) in [4.78, 5) is 10.8. The van der Waals surface area contributed by atoms with E-state index < -0.39 is 16.0 Å². The predicted molar refractivity (Wildman–Crippen MR) is 35.0 cm³/mol. The average molecular weight is 180 g/mol. The van der Waals surface area contributed by atoms with Crippen molar-refractivity contribution in [2.24, 2.45) is 0 Å². The number of carbonyl (C=O) groups excluding carboxylic acids is 1. The van der Waals surface area contributed by atoms with Gasteiger partial charge in [0.05, 0.1) is 0 Å². The summed E-state index contributed by atoms with van der Waals surface area (Å²) in [5.41, 5.74) is -1.32. The first-order valence-electron chi connectivity index (χ1n) is 2.97. The number of ketones is 1. The van der Waals surface area contributed by atoms with E-state index >= 15 is 0 Å². The highest BCUT2D eigenvalue weighted by atomic mass is 32.3. The van der Waals surface area contributed by atoms with E-state index in [-0.39, 0.29) is 12.4 Å². The van der Waals surface area contributed by atoms with Gasteiger partial charge in [0.1, 0.15) is 6.61 Å². The summed E-state index contributed by atoms with van der Waals surface area (Å²) in [5, 5.41) is 0. The molecule has 0 aromatic heterocycles. The zero-order valence-corrected chi connectivity index (χ0v) is 6.97. The molecular weight excluding hydrogens is 172 g/mol. The lowest BCUT2D eigenvalue weighted by atomic mass is 10.0. The topological polar surface area (TPSA) is 69.7 Å². The third-order valence-electron chi connectivity index (χ3n) is 1.51. The van der Waals surface area contributed by atoms with Crippen molar-refractivity contribution in [1.82, 2.24) is 0 Å². The van der Waals surface area contributed by atoms with Crippen molar-refractivity contribution in [1.29, 1.82) is 0 Å². The average Bonchev–Trinajstić information content (AvgIpc) is 2.08. The Bertz CT molecular complexity index is 279. The van der Waals surface area contributed by atoms with Crippen LogP contribution in [0.4, 0.5) is 0 Å². The molecule has 1 aliphatic heterocycles. The quantitative estimate of drug-likeness (QED) is 0.550. The molecule has 0 radical (unpaired) electrons. The Morgan fingerprint density at radius 3 is 2.27 bits per heavy atom. The maximum atomic E-state index is 10.8. The monoisotopic (exact) mass is 180 g/mol. The second-order valence-electron chi connectivity index (χ2n) is 2.54. The Hall–Kier alpha value is -0.460. The molecular formula is C5H8O5S. The molecule has 1 saturated heterocycles. The van der Waals surface area contributed by atoms with Crippen LogP contribution in [0, 0.1) is 0 Å². The first-order valence-corrected chi connectivity index (χ1v) is 4.30. The van der Waals surface area contributed by atoms with Crippen molar-refractivity contribution >= 4 is 16.2 Å². The van der Waals surface area contributed by atoms with E-state index in [9.17, 15) is 13.2 Å². The molecule has 0 spiro atoms. The van der Waals surface area contributed by atoms with E-state index in [0.717, 1.165) is 0 Å². The van der Waals surface area contributed by atoms with E-state index in [2.05, 4.69) is 8.37 Å². The number of rotatable bonds is 1. The van der Waals surface area contributed by atoms with Crippen molar-refractivity contribution in [2.45, 2.75) is 19.4 Å². The highest BCUT2D eigenvalue weighted by molar-refractivity contribution is 7.82. The molecule has 5 nitrogen and oxygen atoms in total. The maximum absolute atomic E-state index is 10.8. The normalized spacial score (nSPS) is 35.5. The molecule has 64 valence electrons. The van der Waals surface area contributed by atoms with Gasteiger partial charge in [-0.25, -0.2) is 8.37 Å². The van der Waals surface area contributed by atoms with Crippen LogP contribution >= 0.6 is 0 Å². The SMILES string of the molecule is CC(=O)C1(C)COS(=O)(=O)O1. The molecule has 0 aromatic rings. The zero-order chi connectivity index (χ0) is 8.70. The van der Waals surface area contributed by atoms with Crippen molar-refractivity contribution < 1.29 is 21.6 Å². The summed E-state index contributed by atoms with van der Waals surface area (Å²) < 4.78 is 29.8. The second kappa shape index (κ2) is 2.26. The van der Waals surface area contributed by atoms with E-state index in [1.54, 1.807) is 0 Å². The largest absolute Gasteiger partial charge is 0.401 e. The molecule has 1 heterocycles. The summed E-state index contributed by atoms with van der Waals surface area (Å²) >= 11 is 0. The van der Waals surface area contributed by atoms with Gasteiger partial charge in [0, 0.05) is 0 Å². The van der Waals surface area contributed by atoms with Crippen LogP contribution in [-0.2, 0) is 23.6 Å². The molecule has 11 heavy (non-hydrogen) atoms. The molecule has 0 aliphatic carbocycles. The highest BCUT2D eigenvalue weighted by Crippen LogP contribution is 2.24. The van der Waals surface area contributed by atoms with Gasteiger partial charge in [-0.1, -0.05) is 0 Å². The molecule has 1 rings (SSSR count). The Morgan fingerprint density at radius 1 is 1.55 bits per heavy atom. The molecule has 1 aliphatic rings. The lowest BCUT2D eigenvalue weighted by Gasteiger charge is -2.13. The van der Waals surface area contributed by atoms with Gasteiger partial charge in [-0.3, -0.25) is 4.79 Å². The molecule has 1 unspecified atom stereocenters. The van der Waals surface area contributed by atoms with Crippen LogP contribution in [0.2, 0.25) is 0 Å². The molecule has 1 atom stereocenters. The number of Topliss-reactive ketones (excluding diaryl/α,β-unsaturated/α-hetero) is 1. The van der Waals surface area contributed by atoms with E-state index in [0.29, 0.717) is 0 Å². The lowest BCUT2D eigenvalue weighted by Crippen LogP contribution is -2.35. The van der Waals surface area contributed by atoms with E-state index in [1.807, 2.05) is 0 Å². The fraction of sp³-hybridized carbons (Fsp3) is 0.800. The smallest absolute Gasteiger partial charge is 0.297 e. The van der Waals surface area contributed by atoms with Crippen LogP contribution in [0.5, 0.6) is 0 Å². The van der Waals surface area contributed by atoms with Gasteiger partial charge in [0.15, 0.2) is 11.4 Å². The molecule has 0 N–H and O–H groups in total. The van der Waals surface area contributed by atoms with Crippen LogP contribution in [0.1, 0.15) is 13.8 Å². The zero-order valence-electron chi connectivity index (χ0n) is 6.16. The first kappa shape index (κ1) is 8.63. The van der Waals surface area contributed by atoms with Crippen molar-refractivity contribution in [2.75, 3.05) is 6.61 Å². The van der Waals surface area contributed by atoms with Gasteiger partial charge in [-0.2, -0.15) is 8.42 Å². The van der Waals surface area contributed by atoms with E-state index in [4.69, 9.17) is 0 Å². The van der Waals surface area contributed by atoms with Crippen LogP contribution in [0.25, 0.3) is 0 Å². The third-order valence-corrected chi connectivity index (χ3v) is 2.49. The highest BCUT2D eigenvalue weighted by Gasteiger charge is 2.44. The molecule has 0 bridgehead atoms. The minimum absolute atomic E-state index is 0.231. The Labute approximate surface area is 64.6 Å². The third kappa shape index (κ3) is 1.58. The second-order valence-corrected chi connectivity index (χ2v) is 3.76. The molecule has 0 amide bonds. The standard InChI is InChI=1S/C5H8O5S/c1-4(6)5(2)3-9-11(7,8)10-5/h3H2,1-2H3. The molecule has 6 heteroatoms. The van der Waals surface area contributed by atoms with Gasteiger partial charge in [0.2, 0.25) is 0 Å². The van der Waals surface area contributed by atoms with Crippen molar-refractivity contribution in [3.63, 3.8) is 0 Å². The van der Waals surface area contributed by atoms with Crippen molar-refractivity contribution in [3.05, 3.63) is 0 Å². The lowest BCUT2D eigenvalue weighted by molar-refractivity contribution is -0.129. The summed E-state index contributed by atoms with van der Waals surface area (Å²) in [5.74, 6) is -0.362. The van der Waals surface area contributed by atoms with Crippen LogP contribution in [0.15, 0.2) is 0 Å². The minimum atomic E-state index is -3.92. The first-order chi connectivity index (χ1) is 4.86. The minimum Gasteiger partial charge on any atom is -0.297 e. The molecule has 1 fully saturated rings. The molecule has 0 saturated carbocycles. The maximum Gasteiger partial charge on any atom is 0.401 e. The summed E-state index contributed by atoms with van der Waals surface area (Å²) in [6.07, 6.45) is 0. The fourth-order valence-electron chi connectivity index (χ4n) is 0.618. The van der Waals surface area contributed by atoms with Gasteiger partial charge in [0.25, 0.3) is 0 Å². The summed E-state index contributed by atoms with van der Waals surface area (Å²) in [7, 11) is -3.92. The van der Waals surface area contributed by atoms with Crippen LogP contribution in [-0.4, -0.2) is 26.4 Å². The predicted octanol–water partition coefficient (Wildman–Crippen LogP) is -0.374. The fourth-order valence-corrected chi connectivity index (χ4v) is 1.65. The summed E-state index contributed by atoms with van der Waals surface area (Å²) in [6.45, 7) is 2.40. The Morgan fingerprint density at radius 2 is 2.09 bits per heavy atom. The Kier molecular flexibility index (Phi) is 1.78. The molecule has 0 aromatic carbocycles. The van der Waals surface area contributed by atoms with Crippen LogP contribution < -0.4 is 0 Å². The van der Waals surface area contributed by atoms with Gasteiger partial charge in [-0.15, -0.1) is 0 Å². The Balaban J connectivity index is 2.90. The van der Waals surface area contributed by atoms with Gasteiger partial charge >= 0.3 is 10.4 Å². The number of hydrogen-bond acceptors (Lipinski definition) is 5. The number of carbonyl (C=O) groups is 1. The summed E-state index contributed by atoms with van der Waals surface area (Å²) in [6, 6.07) is 0. The van der Waals surface area contributed by atoms with Gasteiger partial charge < -0.3 is 0 Å².